The minimum Gasteiger partial charge on any atom is -0.465 e. The molecule has 0 spiro atoms. The van der Waals surface area contributed by atoms with Crippen LogP contribution in [0.4, 0.5) is 5.69 Å². The smallest absolute Gasteiger partial charge is 0.337 e. The number of carbonyl (C=O) groups is 1. The molecule has 0 atom stereocenters. The lowest BCUT2D eigenvalue weighted by Crippen LogP contribution is -2.02. The predicted molar refractivity (Wildman–Crippen MR) is 78.2 cm³/mol. The van der Waals surface area contributed by atoms with Crippen molar-refractivity contribution in [3.05, 3.63) is 53.1 Å². The summed E-state index contributed by atoms with van der Waals surface area (Å²) >= 11 is 0. The van der Waals surface area contributed by atoms with Crippen LogP contribution in [0.15, 0.2) is 36.4 Å². The van der Waals surface area contributed by atoms with E-state index in [2.05, 4.69) is 4.74 Å². The number of rotatable bonds is 3. The van der Waals surface area contributed by atoms with E-state index < -0.39 is 5.97 Å². The Morgan fingerprint density at radius 1 is 1.05 bits per heavy atom. The van der Waals surface area contributed by atoms with E-state index in [9.17, 15) is 4.79 Å². The fourth-order valence-electron chi connectivity index (χ4n) is 1.90. The molecule has 0 saturated carbocycles. The molecule has 0 unspecified atom stereocenters. The summed E-state index contributed by atoms with van der Waals surface area (Å²) in [6.45, 7) is 3.98. The van der Waals surface area contributed by atoms with E-state index in [1.165, 1.54) is 7.11 Å². The van der Waals surface area contributed by atoms with Crippen molar-refractivity contribution in [3.8, 4) is 11.5 Å². The molecular formula is C16H17NO3. The Morgan fingerprint density at radius 3 is 2.45 bits per heavy atom. The van der Waals surface area contributed by atoms with Gasteiger partial charge in [0.05, 0.1) is 18.4 Å². The second kappa shape index (κ2) is 5.65. The molecule has 0 heterocycles. The van der Waals surface area contributed by atoms with Crippen molar-refractivity contribution in [1.29, 1.82) is 0 Å². The first kappa shape index (κ1) is 13.9. The quantitative estimate of drug-likeness (QED) is 0.686. The molecule has 20 heavy (non-hydrogen) atoms. The summed E-state index contributed by atoms with van der Waals surface area (Å²) in [5.41, 5.74) is 8.92. The van der Waals surface area contributed by atoms with Gasteiger partial charge in [0.25, 0.3) is 0 Å². The minimum atomic E-state index is -0.421. The lowest BCUT2D eigenvalue weighted by Gasteiger charge is -2.12. The highest BCUT2D eigenvalue weighted by molar-refractivity contribution is 5.90. The van der Waals surface area contributed by atoms with E-state index in [1.807, 2.05) is 32.0 Å². The molecule has 0 fully saturated rings. The fourth-order valence-corrected chi connectivity index (χ4v) is 1.90. The van der Waals surface area contributed by atoms with Crippen LogP contribution in [0.3, 0.4) is 0 Å². The van der Waals surface area contributed by atoms with Crippen LogP contribution >= 0.6 is 0 Å². The van der Waals surface area contributed by atoms with Crippen molar-refractivity contribution in [2.24, 2.45) is 0 Å². The Labute approximate surface area is 118 Å². The van der Waals surface area contributed by atoms with Crippen molar-refractivity contribution in [3.63, 3.8) is 0 Å². The number of anilines is 1. The zero-order chi connectivity index (χ0) is 14.7. The molecule has 0 aliphatic rings. The summed E-state index contributed by atoms with van der Waals surface area (Å²) in [6, 6.07) is 10.7. The van der Waals surface area contributed by atoms with E-state index in [1.54, 1.807) is 18.2 Å². The first-order valence-electron chi connectivity index (χ1n) is 6.24. The first-order chi connectivity index (χ1) is 9.51. The number of hydrogen-bond donors (Lipinski definition) is 1. The Balaban J connectivity index is 2.35. The van der Waals surface area contributed by atoms with E-state index >= 15 is 0 Å². The van der Waals surface area contributed by atoms with Gasteiger partial charge in [0.2, 0.25) is 0 Å². The van der Waals surface area contributed by atoms with Crippen LogP contribution in [0.25, 0.3) is 0 Å². The fraction of sp³-hybridized carbons (Fsp3) is 0.188. The van der Waals surface area contributed by atoms with Gasteiger partial charge in [-0.3, -0.25) is 0 Å². The Bertz CT molecular complexity index is 650. The van der Waals surface area contributed by atoms with Gasteiger partial charge in [0.15, 0.2) is 5.75 Å². The van der Waals surface area contributed by atoms with E-state index in [-0.39, 0.29) is 0 Å². The number of methoxy groups -OCH3 is 1. The maximum atomic E-state index is 11.5. The van der Waals surface area contributed by atoms with Crippen LogP contribution < -0.4 is 10.5 Å². The highest BCUT2D eigenvalue weighted by atomic mass is 16.5. The van der Waals surface area contributed by atoms with Crippen LogP contribution in [-0.4, -0.2) is 13.1 Å². The molecule has 0 aliphatic heterocycles. The van der Waals surface area contributed by atoms with Gasteiger partial charge in [0, 0.05) is 0 Å². The predicted octanol–water partition coefficient (Wildman–Crippen LogP) is 3.46. The summed E-state index contributed by atoms with van der Waals surface area (Å²) < 4.78 is 10.5. The normalized spacial score (nSPS) is 10.2. The third-order valence-electron chi connectivity index (χ3n) is 2.99. The number of benzene rings is 2. The van der Waals surface area contributed by atoms with E-state index in [0.29, 0.717) is 22.7 Å². The van der Waals surface area contributed by atoms with Crippen molar-refractivity contribution < 1.29 is 14.3 Å². The number of ether oxygens (including phenoxy) is 2. The van der Waals surface area contributed by atoms with Crippen LogP contribution in [0, 0.1) is 13.8 Å². The summed E-state index contributed by atoms with van der Waals surface area (Å²) in [7, 11) is 1.34. The average Bonchev–Trinajstić information content (AvgIpc) is 2.43. The number of aryl methyl sites for hydroxylation is 2. The lowest BCUT2D eigenvalue weighted by molar-refractivity contribution is 0.0600. The molecule has 2 aromatic carbocycles. The van der Waals surface area contributed by atoms with Gasteiger partial charge in [-0.1, -0.05) is 17.7 Å². The maximum absolute atomic E-state index is 11.5. The monoisotopic (exact) mass is 271 g/mol. The van der Waals surface area contributed by atoms with Crippen LogP contribution in [0.1, 0.15) is 21.5 Å². The van der Waals surface area contributed by atoms with E-state index in [4.69, 9.17) is 10.5 Å². The minimum absolute atomic E-state index is 0.404. The van der Waals surface area contributed by atoms with Gasteiger partial charge in [-0.25, -0.2) is 4.79 Å². The summed E-state index contributed by atoms with van der Waals surface area (Å²) in [6.07, 6.45) is 0. The largest absolute Gasteiger partial charge is 0.465 e. The number of esters is 1. The highest BCUT2D eigenvalue weighted by Gasteiger charge is 2.11. The third kappa shape index (κ3) is 2.91. The molecular weight excluding hydrogens is 254 g/mol. The topological polar surface area (TPSA) is 61.5 Å². The van der Waals surface area contributed by atoms with E-state index in [0.717, 1.165) is 11.1 Å². The summed E-state index contributed by atoms with van der Waals surface area (Å²) in [5, 5.41) is 0. The molecule has 4 heteroatoms. The van der Waals surface area contributed by atoms with Crippen molar-refractivity contribution in [2.45, 2.75) is 13.8 Å². The SMILES string of the molecule is COC(=O)c1ccc(N)c(Oc2ccc(C)cc2C)c1. The molecule has 4 nitrogen and oxygen atoms in total. The van der Waals surface area contributed by atoms with Gasteiger partial charge < -0.3 is 15.2 Å². The van der Waals surface area contributed by atoms with Gasteiger partial charge in [0.1, 0.15) is 5.75 Å². The summed E-state index contributed by atoms with van der Waals surface area (Å²) in [4.78, 5) is 11.5. The molecule has 0 radical (unpaired) electrons. The lowest BCUT2D eigenvalue weighted by atomic mass is 10.1. The number of hydrogen-bond acceptors (Lipinski definition) is 4. The molecule has 0 bridgehead atoms. The molecule has 2 aromatic rings. The molecule has 0 amide bonds. The van der Waals surface area contributed by atoms with Crippen LogP contribution in [0.2, 0.25) is 0 Å². The molecule has 104 valence electrons. The molecule has 0 aromatic heterocycles. The Morgan fingerprint density at radius 2 is 1.80 bits per heavy atom. The standard InChI is InChI=1S/C16H17NO3/c1-10-4-7-14(11(2)8-10)20-15-9-12(16(18)19-3)5-6-13(15)17/h4-9H,17H2,1-3H3. The highest BCUT2D eigenvalue weighted by Crippen LogP contribution is 2.31. The second-order valence-electron chi connectivity index (χ2n) is 4.62. The van der Waals surface area contributed by atoms with Gasteiger partial charge in [-0.15, -0.1) is 0 Å². The molecule has 2 N–H and O–H groups in total. The number of nitrogens with two attached hydrogens (primary N) is 1. The van der Waals surface area contributed by atoms with Gasteiger partial charge in [-0.2, -0.15) is 0 Å². The van der Waals surface area contributed by atoms with Gasteiger partial charge in [-0.05, 0) is 43.7 Å². The maximum Gasteiger partial charge on any atom is 0.337 e. The Kier molecular flexibility index (Phi) is 3.94. The zero-order valence-electron chi connectivity index (χ0n) is 11.8. The molecule has 0 saturated heterocycles. The number of carbonyl (C=O) groups excluding carboxylic acids is 1. The Hall–Kier alpha value is -2.49. The third-order valence-corrected chi connectivity index (χ3v) is 2.99. The molecule has 2 rings (SSSR count). The van der Waals surface area contributed by atoms with Crippen molar-refractivity contribution in [1.82, 2.24) is 0 Å². The second-order valence-corrected chi connectivity index (χ2v) is 4.62. The average molecular weight is 271 g/mol. The van der Waals surface area contributed by atoms with Gasteiger partial charge >= 0.3 is 5.97 Å². The first-order valence-corrected chi connectivity index (χ1v) is 6.24. The van der Waals surface area contributed by atoms with Crippen molar-refractivity contribution >= 4 is 11.7 Å². The zero-order valence-corrected chi connectivity index (χ0v) is 11.8. The summed E-state index contributed by atoms with van der Waals surface area (Å²) in [5.74, 6) is 0.736. The molecule has 0 aliphatic carbocycles. The van der Waals surface area contributed by atoms with Crippen LogP contribution in [0.5, 0.6) is 11.5 Å². The van der Waals surface area contributed by atoms with Crippen molar-refractivity contribution in [2.75, 3.05) is 12.8 Å². The van der Waals surface area contributed by atoms with Crippen LogP contribution in [-0.2, 0) is 4.74 Å². The number of nitrogen functional groups attached to an aromatic ring is 1.